The second-order valence-corrected chi connectivity index (χ2v) is 7.34. The van der Waals surface area contributed by atoms with Crippen molar-refractivity contribution in [3.8, 4) is 5.75 Å². The molecule has 1 saturated heterocycles. The van der Waals surface area contributed by atoms with Gasteiger partial charge in [0.2, 0.25) is 0 Å². The summed E-state index contributed by atoms with van der Waals surface area (Å²) >= 11 is 0. The summed E-state index contributed by atoms with van der Waals surface area (Å²) in [7, 11) is 0.850. The molecule has 1 aliphatic heterocycles. The number of nitrogens with one attached hydrogen (secondary N) is 2. The molecule has 2 aromatic rings. The number of methoxy groups -OCH3 is 1. The lowest BCUT2D eigenvalue weighted by Crippen LogP contribution is -2.54. The molecular weight excluding hydrogens is 413 g/mol. The zero-order chi connectivity index (χ0) is 22.5. The van der Waals surface area contributed by atoms with E-state index in [2.05, 4.69) is 10.6 Å². The van der Waals surface area contributed by atoms with Gasteiger partial charge >= 0.3 is 12.1 Å². The number of esters is 1. The summed E-state index contributed by atoms with van der Waals surface area (Å²) in [5, 5.41) is 15.8. The van der Waals surface area contributed by atoms with Gasteiger partial charge in [-0.2, -0.15) is 13.2 Å². The molecule has 1 fully saturated rings. The Labute approximate surface area is 178 Å². The van der Waals surface area contributed by atoms with Crippen molar-refractivity contribution < 1.29 is 32.5 Å². The smallest absolute Gasteiger partial charge is 0.432 e. The molecule has 1 aliphatic rings. The lowest BCUT2D eigenvalue weighted by molar-refractivity contribution is -0.278. The molecule has 0 aliphatic carbocycles. The van der Waals surface area contributed by atoms with Crippen LogP contribution in [0.5, 0.6) is 5.75 Å². The number of hydrogen-bond donors (Lipinski definition) is 3. The molecule has 3 atom stereocenters. The monoisotopic (exact) mass is 438 g/mol. The third-order valence-corrected chi connectivity index (χ3v) is 5.31. The lowest BCUT2D eigenvalue weighted by Gasteiger charge is -2.35. The Bertz CT molecular complexity index is 861. The molecule has 1 heterocycles. The molecule has 0 amide bonds. The number of alkyl halides is 3. The van der Waals surface area contributed by atoms with Gasteiger partial charge in [0.25, 0.3) is 5.60 Å². The first kappa shape index (κ1) is 22.9. The van der Waals surface area contributed by atoms with E-state index < -0.39 is 29.9 Å². The minimum atomic E-state index is -5.02. The van der Waals surface area contributed by atoms with Crippen molar-refractivity contribution in [3.05, 3.63) is 60.2 Å². The summed E-state index contributed by atoms with van der Waals surface area (Å²) in [6, 6.07) is 12.5. The van der Waals surface area contributed by atoms with Crippen LogP contribution in [0, 0.1) is 0 Å². The lowest BCUT2D eigenvalue weighted by atomic mass is 9.92. The van der Waals surface area contributed by atoms with Crippen LogP contribution in [0.25, 0.3) is 0 Å². The maximum atomic E-state index is 14.2. The summed E-state index contributed by atoms with van der Waals surface area (Å²) < 4.78 is 52.8. The van der Waals surface area contributed by atoms with Gasteiger partial charge in [-0.05, 0) is 43.7 Å². The van der Waals surface area contributed by atoms with E-state index in [4.69, 9.17) is 9.47 Å². The number of benzene rings is 2. The fraction of sp³-hybridized carbons (Fsp3) is 0.409. The van der Waals surface area contributed by atoms with E-state index in [9.17, 15) is 23.1 Å². The molecule has 6 nitrogen and oxygen atoms in total. The molecule has 9 heteroatoms. The number of carbonyl (C=O) groups is 1. The Morgan fingerprint density at radius 1 is 1.13 bits per heavy atom. The third-order valence-electron chi connectivity index (χ3n) is 5.31. The molecule has 3 N–H and O–H groups in total. The fourth-order valence-corrected chi connectivity index (χ4v) is 3.68. The maximum Gasteiger partial charge on any atom is 0.432 e. The van der Waals surface area contributed by atoms with E-state index in [1.807, 2.05) is 0 Å². The molecule has 31 heavy (non-hydrogen) atoms. The molecule has 0 saturated carbocycles. The van der Waals surface area contributed by atoms with E-state index in [0.717, 1.165) is 7.11 Å². The first-order valence-corrected chi connectivity index (χ1v) is 9.92. The predicted octanol–water partition coefficient (Wildman–Crippen LogP) is 3.57. The van der Waals surface area contributed by atoms with Crippen molar-refractivity contribution >= 4 is 11.7 Å². The number of halogens is 3. The van der Waals surface area contributed by atoms with Gasteiger partial charge in [-0.15, -0.1) is 0 Å². The molecule has 2 aromatic carbocycles. The summed E-state index contributed by atoms with van der Waals surface area (Å²) in [5.74, 6) is -1.41. The van der Waals surface area contributed by atoms with Crippen molar-refractivity contribution in [2.45, 2.75) is 36.8 Å². The third kappa shape index (κ3) is 4.94. The van der Waals surface area contributed by atoms with Crippen LogP contribution in [-0.2, 0) is 19.9 Å². The summed E-state index contributed by atoms with van der Waals surface area (Å²) in [6.45, 7) is 1.03. The first-order chi connectivity index (χ1) is 14.8. The number of ether oxygens (including phenoxy) is 2. The van der Waals surface area contributed by atoms with Crippen molar-refractivity contribution in [2.75, 3.05) is 25.5 Å². The topological polar surface area (TPSA) is 79.8 Å². The number of aromatic hydroxyl groups is 1. The minimum absolute atomic E-state index is 0.0884. The number of phenolic OH excluding ortho intramolecular Hbond substituents is 1. The number of carbonyl (C=O) groups excluding carboxylic acids is 1. The molecule has 0 aromatic heterocycles. The van der Waals surface area contributed by atoms with Crippen molar-refractivity contribution in [2.24, 2.45) is 0 Å². The van der Waals surface area contributed by atoms with Crippen molar-refractivity contribution in [1.82, 2.24) is 5.32 Å². The molecule has 3 rings (SSSR count). The van der Waals surface area contributed by atoms with Gasteiger partial charge in [0.1, 0.15) is 11.9 Å². The molecule has 168 valence electrons. The highest BCUT2D eigenvalue weighted by Crippen LogP contribution is 2.43. The maximum absolute atomic E-state index is 14.2. The number of anilines is 1. The molecule has 0 radical (unpaired) electrons. The average Bonchev–Trinajstić information content (AvgIpc) is 2.95. The standard InChI is InChI=1S/C22H25F3N2O4/c1-30-21(22(23,24)25,15-6-3-2-4-7-15)20(29)31-19-8-5-13-26-14-18(19)27-16-9-11-17(28)12-10-16/h2-4,6-7,9-12,18-19,26-28H,5,8,13-14H2,1H3. The Morgan fingerprint density at radius 3 is 2.42 bits per heavy atom. The van der Waals surface area contributed by atoms with Gasteiger partial charge in [0, 0.05) is 24.9 Å². The van der Waals surface area contributed by atoms with Crippen molar-refractivity contribution in [3.63, 3.8) is 0 Å². The van der Waals surface area contributed by atoms with E-state index in [1.54, 1.807) is 18.2 Å². The highest BCUT2D eigenvalue weighted by atomic mass is 19.4. The highest BCUT2D eigenvalue weighted by molar-refractivity contribution is 5.83. The van der Waals surface area contributed by atoms with Gasteiger partial charge in [-0.3, -0.25) is 0 Å². The second kappa shape index (κ2) is 9.57. The van der Waals surface area contributed by atoms with E-state index in [-0.39, 0.29) is 11.3 Å². The zero-order valence-electron chi connectivity index (χ0n) is 17.0. The Kier molecular flexibility index (Phi) is 7.07. The van der Waals surface area contributed by atoms with Gasteiger partial charge in [0.15, 0.2) is 0 Å². The highest BCUT2D eigenvalue weighted by Gasteiger charge is 2.64. The second-order valence-electron chi connectivity index (χ2n) is 7.34. The van der Waals surface area contributed by atoms with Gasteiger partial charge in [0.05, 0.1) is 6.04 Å². The summed E-state index contributed by atoms with van der Waals surface area (Å²) in [5.41, 5.74) is -2.92. The van der Waals surface area contributed by atoms with Crippen molar-refractivity contribution in [1.29, 1.82) is 0 Å². The van der Waals surface area contributed by atoms with E-state index in [0.29, 0.717) is 31.6 Å². The van der Waals surface area contributed by atoms with Crippen LogP contribution >= 0.6 is 0 Å². The van der Waals surface area contributed by atoms with Crippen LogP contribution in [0.15, 0.2) is 54.6 Å². The van der Waals surface area contributed by atoms with Crippen LogP contribution in [0.2, 0.25) is 0 Å². The molecule has 0 spiro atoms. The largest absolute Gasteiger partial charge is 0.508 e. The Morgan fingerprint density at radius 2 is 1.81 bits per heavy atom. The number of rotatable bonds is 6. The SMILES string of the molecule is COC(C(=O)OC1CCCNCC1Nc1ccc(O)cc1)(c1ccccc1)C(F)(F)F. The quantitative estimate of drug-likeness (QED) is 0.473. The number of phenols is 1. The molecule has 3 unspecified atom stereocenters. The predicted molar refractivity (Wildman–Crippen MR) is 109 cm³/mol. The van der Waals surface area contributed by atoms with Crippen LogP contribution < -0.4 is 10.6 Å². The van der Waals surface area contributed by atoms with Gasteiger partial charge in [-0.25, -0.2) is 4.79 Å². The Balaban J connectivity index is 1.88. The normalized spacial score (nSPS) is 21.5. The summed E-state index contributed by atoms with van der Waals surface area (Å²) in [4.78, 5) is 13.0. The van der Waals surface area contributed by atoms with Crippen LogP contribution in [-0.4, -0.2) is 49.6 Å². The number of hydrogen-bond acceptors (Lipinski definition) is 6. The van der Waals surface area contributed by atoms with E-state index >= 15 is 0 Å². The Hall–Kier alpha value is -2.78. The molecule has 0 bridgehead atoms. The average molecular weight is 438 g/mol. The molecular formula is C22H25F3N2O4. The minimum Gasteiger partial charge on any atom is -0.508 e. The fourth-order valence-electron chi connectivity index (χ4n) is 3.68. The van der Waals surface area contributed by atoms with Crippen LogP contribution in [0.1, 0.15) is 18.4 Å². The van der Waals surface area contributed by atoms with Gasteiger partial charge in [-0.1, -0.05) is 30.3 Å². The van der Waals surface area contributed by atoms with E-state index in [1.165, 1.54) is 36.4 Å². The summed E-state index contributed by atoms with van der Waals surface area (Å²) in [6.07, 6.45) is -4.84. The van der Waals surface area contributed by atoms with Crippen LogP contribution in [0.3, 0.4) is 0 Å². The van der Waals surface area contributed by atoms with Crippen LogP contribution in [0.4, 0.5) is 18.9 Å². The zero-order valence-corrected chi connectivity index (χ0v) is 17.0. The first-order valence-electron chi connectivity index (χ1n) is 9.92. The van der Waals surface area contributed by atoms with Gasteiger partial charge < -0.3 is 25.2 Å².